The summed E-state index contributed by atoms with van der Waals surface area (Å²) in [4.78, 5) is 39.9. The van der Waals surface area contributed by atoms with Crippen LogP contribution in [0.3, 0.4) is 0 Å². The lowest BCUT2D eigenvalue weighted by atomic mass is 9.97. The number of nitrogens with zero attached hydrogens (tertiary/aromatic N) is 1. The second-order valence-electron chi connectivity index (χ2n) is 11.3. The van der Waals surface area contributed by atoms with Gasteiger partial charge in [-0.15, -0.1) is 0 Å². The molecule has 1 heterocycles. The quantitative estimate of drug-likeness (QED) is 0.352. The fourth-order valence-corrected chi connectivity index (χ4v) is 6.39. The second kappa shape index (κ2) is 10.8. The molecule has 3 unspecified atom stereocenters. The molecule has 6 rings (SSSR count). The maximum absolute atomic E-state index is 14.0. The monoisotopic (exact) mass is 575 g/mol. The van der Waals surface area contributed by atoms with E-state index in [9.17, 15) is 23.2 Å². The summed E-state index contributed by atoms with van der Waals surface area (Å²) in [6, 6.07) is 25.5. The van der Waals surface area contributed by atoms with Crippen molar-refractivity contribution in [3.8, 4) is 11.1 Å². The molecule has 0 radical (unpaired) electrons. The summed E-state index contributed by atoms with van der Waals surface area (Å²) in [5.41, 5.74) is 3.86. The minimum atomic E-state index is -3.39. The van der Waals surface area contributed by atoms with Gasteiger partial charge >= 0.3 is 12.1 Å². The number of hydrogen-bond acceptors (Lipinski definition) is 5. The predicted octanol–water partition coefficient (Wildman–Crippen LogP) is 4.25. The summed E-state index contributed by atoms with van der Waals surface area (Å²) in [6.07, 6.45) is -0.548. The number of fused-ring (bicyclic) bond motifs is 3. The standard InChI is InChI=1S/C32H31F2N3O5/c33-32(34)26(27(32)28(38)39)16-35-29(40)31(14-15-37(19-31)17-20-8-2-1-3-9-20)36-30(41)42-18-25-23-12-6-4-10-21(23)22-11-5-7-13-24(22)25/h1-13,25-27H,14-19H2,(H,35,40)(H,36,41)(H,38,39). The summed E-state index contributed by atoms with van der Waals surface area (Å²) in [6.45, 7) is 0.699. The summed E-state index contributed by atoms with van der Waals surface area (Å²) in [5, 5.41) is 14.3. The third kappa shape index (κ3) is 5.11. The highest BCUT2D eigenvalue weighted by molar-refractivity contribution is 5.91. The molecule has 1 aliphatic heterocycles. The van der Waals surface area contributed by atoms with Crippen molar-refractivity contribution >= 4 is 18.0 Å². The molecule has 0 bridgehead atoms. The number of likely N-dealkylation sites (tertiary alicyclic amines) is 1. The van der Waals surface area contributed by atoms with Crippen LogP contribution in [0.25, 0.3) is 11.1 Å². The van der Waals surface area contributed by atoms with Crippen molar-refractivity contribution in [1.82, 2.24) is 15.5 Å². The lowest BCUT2D eigenvalue weighted by molar-refractivity contribution is -0.141. The molecular formula is C32H31F2N3O5. The van der Waals surface area contributed by atoms with Crippen LogP contribution in [0, 0.1) is 11.8 Å². The summed E-state index contributed by atoms with van der Waals surface area (Å²) >= 11 is 0. The third-order valence-corrected chi connectivity index (χ3v) is 8.67. The number of hydrogen-bond donors (Lipinski definition) is 3. The first kappa shape index (κ1) is 27.8. The van der Waals surface area contributed by atoms with Crippen LogP contribution in [0.4, 0.5) is 13.6 Å². The number of alkyl halides is 2. The Hall–Kier alpha value is -4.31. The Balaban J connectivity index is 1.15. The van der Waals surface area contributed by atoms with E-state index in [1.54, 1.807) is 0 Å². The van der Waals surface area contributed by atoms with E-state index >= 15 is 0 Å². The average molecular weight is 576 g/mol. The Labute approximate surface area is 241 Å². The predicted molar refractivity (Wildman–Crippen MR) is 150 cm³/mol. The number of carboxylic acids is 1. The number of carboxylic acid groups (broad SMARTS) is 1. The van der Waals surface area contributed by atoms with Crippen molar-refractivity contribution in [3.05, 3.63) is 95.6 Å². The van der Waals surface area contributed by atoms with Gasteiger partial charge in [0.25, 0.3) is 5.92 Å². The Morgan fingerprint density at radius 1 is 0.929 bits per heavy atom. The molecule has 2 fully saturated rings. The van der Waals surface area contributed by atoms with Crippen molar-refractivity contribution in [2.45, 2.75) is 30.3 Å². The summed E-state index contributed by atoms with van der Waals surface area (Å²) in [5.74, 6) is -9.12. The lowest BCUT2D eigenvalue weighted by Crippen LogP contribution is -2.60. The molecule has 8 nitrogen and oxygen atoms in total. The van der Waals surface area contributed by atoms with E-state index in [4.69, 9.17) is 9.84 Å². The number of carbonyl (C=O) groups excluding carboxylic acids is 2. The van der Waals surface area contributed by atoms with Crippen molar-refractivity contribution in [3.63, 3.8) is 0 Å². The van der Waals surface area contributed by atoms with E-state index in [-0.39, 0.29) is 25.5 Å². The van der Waals surface area contributed by atoms with Crippen LogP contribution >= 0.6 is 0 Å². The minimum Gasteiger partial charge on any atom is -0.481 e. The van der Waals surface area contributed by atoms with Crippen LogP contribution in [-0.2, 0) is 20.9 Å². The van der Waals surface area contributed by atoms with E-state index in [0.29, 0.717) is 13.1 Å². The van der Waals surface area contributed by atoms with Gasteiger partial charge in [0.05, 0.1) is 5.92 Å². The van der Waals surface area contributed by atoms with Crippen LogP contribution in [-0.4, -0.2) is 65.7 Å². The number of alkyl carbamates (subject to hydrolysis) is 1. The normalized spacial score (nSPS) is 24.0. The Bertz CT molecular complexity index is 1470. The van der Waals surface area contributed by atoms with Gasteiger partial charge in [-0.1, -0.05) is 78.9 Å². The van der Waals surface area contributed by atoms with Crippen molar-refractivity contribution in [2.75, 3.05) is 26.2 Å². The van der Waals surface area contributed by atoms with Gasteiger partial charge in [-0.05, 0) is 34.2 Å². The fourth-order valence-electron chi connectivity index (χ4n) is 6.39. The van der Waals surface area contributed by atoms with Crippen LogP contribution in [0.15, 0.2) is 78.9 Å². The molecule has 218 valence electrons. The SMILES string of the molecule is O=C(NC1(C(=O)NCC2C(C(=O)O)C2(F)F)CCN(Cc2ccccc2)C1)OCC1c2ccccc2-c2ccccc21. The fraction of sp³-hybridized carbons (Fsp3) is 0.344. The number of aliphatic carboxylic acids is 1. The molecule has 3 aliphatic rings. The zero-order valence-corrected chi connectivity index (χ0v) is 22.8. The first-order valence-electron chi connectivity index (χ1n) is 14.0. The molecule has 0 aromatic heterocycles. The topological polar surface area (TPSA) is 108 Å². The Morgan fingerprint density at radius 2 is 1.55 bits per heavy atom. The average Bonchev–Trinajstić information content (AvgIpc) is 3.22. The molecular weight excluding hydrogens is 544 g/mol. The molecule has 1 saturated carbocycles. The van der Waals surface area contributed by atoms with Gasteiger partial charge in [-0.25, -0.2) is 13.6 Å². The molecule has 10 heteroatoms. The number of benzene rings is 3. The van der Waals surface area contributed by atoms with Crippen LogP contribution in [0.5, 0.6) is 0 Å². The van der Waals surface area contributed by atoms with Gasteiger partial charge < -0.3 is 20.5 Å². The van der Waals surface area contributed by atoms with Crippen LogP contribution in [0.2, 0.25) is 0 Å². The number of carbonyl (C=O) groups is 3. The first-order chi connectivity index (χ1) is 20.2. The van der Waals surface area contributed by atoms with Crippen molar-refractivity contribution in [2.24, 2.45) is 11.8 Å². The van der Waals surface area contributed by atoms with Crippen LogP contribution < -0.4 is 10.6 Å². The highest BCUT2D eigenvalue weighted by Gasteiger charge is 2.72. The highest BCUT2D eigenvalue weighted by atomic mass is 19.3. The van der Waals surface area contributed by atoms with Crippen molar-refractivity contribution < 1.29 is 33.0 Å². The van der Waals surface area contributed by atoms with E-state index in [2.05, 4.69) is 10.6 Å². The molecule has 1 saturated heterocycles. The maximum Gasteiger partial charge on any atom is 0.408 e. The number of ether oxygens (including phenoxy) is 1. The molecule has 3 atom stereocenters. The van der Waals surface area contributed by atoms with Gasteiger partial charge in [0.1, 0.15) is 18.1 Å². The molecule has 42 heavy (non-hydrogen) atoms. The van der Waals surface area contributed by atoms with E-state index < -0.39 is 47.8 Å². The first-order valence-corrected chi connectivity index (χ1v) is 14.0. The number of halogens is 2. The lowest BCUT2D eigenvalue weighted by Gasteiger charge is -2.29. The van der Waals surface area contributed by atoms with Gasteiger partial charge in [0, 0.05) is 32.1 Å². The molecule has 0 spiro atoms. The molecule has 3 N–H and O–H groups in total. The third-order valence-electron chi connectivity index (χ3n) is 8.67. The minimum absolute atomic E-state index is 0.0554. The number of amides is 2. The second-order valence-corrected chi connectivity index (χ2v) is 11.3. The van der Waals surface area contributed by atoms with Gasteiger partial charge in [0.15, 0.2) is 0 Å². The zero-order valence-electron chi connectivity index (χ0n) is 22.8. The molecule has 2 aliphatic carbocycles. The zero-order chi connectivity index (χ0) is 29.5. The number of rotatable bonds is 9. The van der Waals surface area contributed by atoms with Crippen LogP contribution in [0.1, 0.15) is 29.0 Å². The van der Waals surface area contributed by atoms with Gasteiger partial charge in [0.2, 0.25) is 5.91 Å². The molecule has 3 aromatic carbocycles. The largest absolute Gasteiger partial charge is 0.481 e. The van der Waals surface area contributed by atoms with Gasteiger partial charge in [-0.3, -0.25) is 14.5 Å². The van der Waals surface area contributed by atoms with E-state index in [1.807, 2.05) is 83.8 Å². The highest BCUT2D eigenvalue weighted by Crippen LogP contribution is 2.55. The van der Waals surface area contributed by atoms with Gasteiger partial charge in [-0.2, -0.15) is 0 Å². The van der Waals surface area contributed by atoms with Crippen molar-refractivity contribution in [1.29, 1.82) is 0 Å². The number of nitrogens with one attached hydrogen (secondary N) is 2. The maximum atomic E-state index is 14.0. The molecule has 3 aromatic rings. The summed E-state index contributed by atoms with van der Waals surface area (Å²) < 4.78 is 33.7. The Kier molecular flexibility index (Phi) is 7.18. The smallest absolute Gasteiger partial charge is 0.408 e. The van der Waals surface area contributed by atoms with E-state index in [1.165, 1.54) is 0 Å². The molecule has 2 amide bonds. The Morgan fingerprint density at radius 3 is 2.17 bits per heavy atom. The summed E-state index contributed by atoms with van der Waals surface area (Å²) in [7, 11) is 0. The van der Waals surface area contributed by atoms with E-state index in [0.717, 1.165) is 27.8 Å².